The van der Waals surface area contributed by atoms with Gasteiger partial charge in [0.15, 0.2) is 0 Å². The molecule has 0 amide bonds. The molecule has 7 nitrogen and oxygen atoms in total. The Labute approximate surface area is 97.3 Å². The van der Waals surface area contributed by atoms with Crippen molar-refractivity contribution in [2.75, 3.05) is 20.6 Å². The van der Waals surface area contributed by atoms with Gasteiger partial charge in [-0.15, -0.1) is 0 Å². The molecule has 0 spiro atoms. The van der Waals surface area contributed by atoms with E-state index in [1.807, 2.05) is 24.0 Å². The largest absolute Gasteiger partial charge is 0.477 e. The highest BCUT2D eigenvalue weighted by Gasteiger charge is 2.15. The smallest absolute Gasteiger partial charge is 0.342 e. The number of aromatic nitrogens is 2. The molecule has 0 fully saturated rings. The molecule has 0 aliphatic carbocycles. The first-order valence-electron chi connectivity index (χ1n) is 5.06. The van der Waals surface area contributed by atoms with Crippen molar-refractivity contribution in [3.63, 3.8) is 0 Å². The van der Waals surface area contributed by atoms with Crippen LogP contribution in [-0.4, -0.2) is 46.2 Å². The summed E-state index contributed by atoms with van der Waals surface area (Å²) in [6.45, 7) is 2.33. The second kappa shape index (κ2) is 4.96. The van der Waals surface area contributed by atoms with Crippen LogP contribution in [0.4, 0.5) is 0 Å². The number of carboxylic acid groups (broad SMARTS) is 1. The average Bonchev–Trinajstić information content (AvgIpc) is 2.15. The number of aromatic amines is 1. The molecule has 0 bridgehead atoms. The molecule has 1 unspecified atom stereocenters. The lowest BCUT2D eigenvalue weighted by atomic mass is 10.3. The summed E-state index contributed by atoms with van der Waals surface area (Å²) in [7, 11) is 3.68. The zero-order chi connectivity index (χ0) is 13.2. The fraction of sp³-hybridized carbons (Fsp3) is 0.500. The maximum absolute atomic E-state index is 11.5. The van der Waals surface area contributed by atoms with Gasteiger partial charge in [-0.05, 0) is 21.0 Å². The zero-order valence-corrected chi connectivity index (χ0v) is 9.93. The van der Waals surface area contributed by atoms with Crippen LogP contribution in [0.5, 0.6) is 0 Å². The molecule has 1 atom stereocenters. The number of nitrogens with one attached hydrogen (secondary N) is 1. The van der Waals surface area contributed by atoms with E-state index in [4.69, 9.17) is 5.11 Å². The lowest BCUT2D eigenvalue weighted by Gasteiger charge is -2.19. The number of hydrogen-bond donors (Lipinski definition) is 2. The monoisotopic (exact) mass is 241 g/mol. The van der Waals surface area contributed by atoms with Crippen LogP contribution >= 0.6 is 0 Å². The van der Waals surface area contributed by atoms with Crippen LogP contribution in [-0.2, 0) is 0 Å². The molecule has 0 aliphatic rings. The third kappa shape index (κ3) is 3.04. The van der Waals surface area contributed by atoms with Gasteiger partial charge in [0.25, 0.3) is 5.56 Å². The molecule has 1 aromatic rings. The summed E-state index contributed by atoms with van der Waals surface area (Å²) in [5.41, 5.74) is -1.92. The second-order valence-electron chi connectivity index (χ2n) is 4.13. The van der Waals surface area contributed by atoms with Gasteiger partial charge in [0.2, 0.25) is 0 Å². The van der Waals surface area contributed by atoms with Gasteiger partial charge >= 0.3 is 11.7 Å². The minimum atomic E-state index is -1.35. The maximum Gasteiger partial charge on any atom is 0.342 e. The van der Waals surface area contributed by atoms with Crippen LogP contribution < -0.4 is 11.2 Å². The van der Waals surface area contributed by atoms with Crippen LogP contribution in [0.15, 0.2) is 15.8 Å². The van der Waals surface area contributed by atoms with E-state index >= 15 is 0 Å². The Balaban J connectivity index is 3.25. The molecule has 7 heteroatoms. The SMILES string of the molecule is CC(CN(C)C)n1cc(C(=O)O)c(=O)[nH]c1=O. The summed E-state index contributed by atoms with van der Waals surface area (Å²) in [5.74, 6) is -1.35. The van der Waals surface area contributed by atoms with Crippen molar-refractivity contribution in [1.29, 1.82) is 0 Å². The summed E-state index contributed by atoms with van der Waals surface area (Å²) in [5, 5.41) is 8.80. The van der Waals surface area contributed by atoms with E-state index in [-0.39, 0.29) is 6.04 Å². The quantitative estimate of drug-likeness (QED) is 0.731. The van der Waals surface area contributed by atoms with Gasteiger partial charge < -0.3 is 10.0 Å². The Morgan fingerprint density at radius 3 is 2.59 bits per heavy atom. The molecule has 0 saturated heterocycles. The normalized spacial score (nSPS) is 12.7. The number of rotatable bonds is 4. The number of nitrogens with zero attached hydrogens (tertiary/aromatic N) is 2. The number of carboxylic acids is 1. The van der Waals surface area contributed by atoms with E-state index in [1.54, 1.807) is 6.92 Å². The fourth-order valence-electron chi connectivity index (χ4n) is 1.58. The molecule has 0 aromatic carbocycles. The van der Waals surface area contributed by atoms with E-state index in [1.165, 1.54) is 4.57 Å². The zero-order valence-electron chi connectivity index (χ0n) is 9.93. The van der Waals surface area contributed by atoms with Crippen molar-refractivity contribution in [3.05, 3.63) is 32.6 Å². The van der Waals surface area contributed by atoms with Gasteiger partial charge in [-0.25, -0.2) is 9.59 Å². The number of carbonyl (C=O) groups is 1. The van der Waals surface area contributed by atoms with E-state index in [0.29, 0.717) is 6.54 Å². The van der Waals surface area contributed by atoms with Crippen molar-refractivity contribution in [2.45, 2.75) is 13.0 Å². The molecule has 0 aliphatic heterocycles. The Kier molecular flexibility index (Phi) is 3.84. The maximum atomic E-state index is 11.5. The number of aromatic carboxylic acids is 1. The van der Waals surface area contributed by atoms with Crippen molar-refractivity contribution in [3.8, 4) is 0 Å². The van der Waals surface area contributed by atoms with Crippen molar-refractivity contribution in [2.24, 2.45) is 0 Å². The third-order valence-corrected chi connectivity index (χ3v) is 2.30. The van der Waals surface area contributed by atoms with Gasteiger partial charge in [0.1, 0.15) is 5.56 Å². The van der Waals surface area contributed by atoms with Crippen molar-refractivity contribution >= 4 is 5.97 Å². The van der Waals surface area contributed by atoms with Crippen LogP contribution in [0, 0.1) is 0 Å². The van der Waals surface area contributed by atoms with E-state index in [0.717, 1.165) is 6.20 Å². The Hall–Kier alpha value is -1.89. The summed E-state index contributed by atoms with van der Waals surface area (Å²) < 4.78 is 1.21. The standard InChI is InChI=1S/C10H15N3O4/c1-6(4-12(2)3)13-5-7(9(15)16)8(14)11-10(13)17/h5-6H,4H2,1-3H3,(H,15,16)(H,11,14,17). The Morgan fingerprint density at radius 2 is 2.12 bits per heavy atom. The van der Waals surface area contributed by atoms with Gasteiger partial charge in [-0.1, -0.05) is 0 Å². The minimum absolute atomic E-state index is 0.229. The number of H-pyrrole nitrogens is 1. The molecule has 1 heterocycles. The van der Waals surface area contributed by atoms with E-state index in [9.17, 15) is 14.4 Å². The van der Waals surface area contributed by atoms with Gasteiger partial charge in [0, 0.05) is 18.8 Å². The molecule has 94 valence electrons. The number of hydrogen-bond acceptors (Lipinski definition) is 4. The van der Waals surface area contributed by atoms with Gasteiger partial charge in [-0.3, -0.25) is 14.3 Å². The number of likely N-dealkylation sites (N-methyl/N-ethyl adjacent to an activating group) is 1. The lowest BCUT2D eigenvalue weighted by molar-refractivity contribution is 0.0693. The van der Waals surface area contributed by atoms with Crippen LogP contribution in [0.1, 0.15) is 23.3 Å². The van der Waals surface area contributed by atoms with Gasteiger partial charge in [0.05, 0.1) is 0 Å². The first-order valence-corrected chi connectivity index (χ1v) is 5.06. The van der Waals surface area contributed by atoms with Crippen LogP contribution in [0.2, 0.25) is 0 Å². The molecule has 17 heavy (non-hydrogen) atoms. The van der Waals surface area contributed by atoms with Gasteiger partial charge in [-0.2, -0.15) is 0 Å². The molecule has 0 saturated carbocycles. The first-order chi connectivity index (χ1) is 7.82. The molecule has 1 aromatic heterocycles. The summed E-state index contributed by atoms with van der Waals surface area (Å²) in [6.07, 6.45) is 1.08. The predicted molar refractivity (Wildman–Crippen MR) is 61.5 cm³/mol. The average molecular weight is 241 g/mol. The van der Waals surface area contributed by atoms with Crippen LogP contribution in [0.25, 0.3) is 0 Å². The highest BCUT2D eigenvalue weighted by Crippen LogP contribution is 2.02. The predicted octanol–water partition coefficient (Wildman–Crippen LogP) is -0.643. The summed E-state index contributed by atoms with van der Waals surface area (Å²) in [4.78, 5) is 37.4. The Morgan fingerprint density at radius 1 is 1.53 bits per heavy atom. The summed E-state index contributed by atoms with van der Waals surface area (Å²) >= 11 is 0. The molecule has 1 rings (SSSR count). The molecular weight excluding hydrogens is 226 g/mol. The third-order valence-electron chi connectivity index (χ3n) is 2.30. The first kappa shape index (κ1) is 13.2. The van der Waals surface area contributed by atoms with E-state index in [2.05, 4.69) is 0 Å². The molecule has 0 radical (unpaired) electrons. The second-order valence-corrected chi connectivity index (χ2v) is 4.13. The lowest BCUT2D eigenvalue weighted by Crippen LogP contribution is -2.37. The highest BCUT2D eigenvalue weighted by atomic mass is 16.4. The minimum Gasteiger partial charge on any atom is -0.477 e. The summed E-state index contributed by atoms with van der Waals surface area (Å²) in [6, 6.07) is -0.229. The molecular formula is C10H15N3O4. The fourth-order valence-corrected chi connectivity index (χ4v) is 1.58. The Bertz CT molecular complexity index is 529. The topological polar surface area (TPSA) is 95.4 Å². The molecule has 2 N–H and O–H groups in total. The van der Waals surface area contributed by atoms with Crippen molar-refractivity contribution in [1.82, 2.24) is 14.5 Å². The highest BCUT2D eigenvalue weighted by molar-refractivity contribution is 5.86. The van der Waals surface area contributed by atoms with Crippen molar-refractivity contribution < 1.29 is 9.90 Å². The van der Waals surface area contributed by atoms with Crippen LogP contribution in [0.3, 0.4) is 0 Å². The van der Waals surface area contributed by atoms with E-state index < -0.39 is 22.8 Å².